The van der Waals surface area contributed by atoms with Crippen LogP contribution in [-0.4, -0.2) is 20.7 Å². The molecule has 6 heteroatoms. The lowest BCUT2D eigenvalue weighted by atomic mass is 10.1. The number of rotatable bonds is 3. The third-order valence-electron chi connectivity index (χ3n) is 3.76. The molecule has 0 saturated carbocycles. The summed E-state index contributed by atoms with van der Waals surface area (Å²) >= 11 is 3.44. The second-order valence-corrected chi connectivity index (χ2v) is 6.50. The fourth-order valence-corrected chi connectivity index (χ4v) is 2.81. The number of halogens is 1. The maximum absolute atomic E-state index is 12.5. The Hall–Kier alpha value is -2.47. The minimum absolute atomic E-state index is 0.205. The van der Waals surface area contributed by atoms with E-state index in [-0.39, 0.29) is 5.91 Å². The highest BCUT2D eigenvalue weighted by molar-refractivity contribution is 9.10. The van der Waals surface area contributed by atoms with Crippen molar-refractivity contribution in [2.24, 2.45) is 7.05 Å². The summed E-state index contributed by atoms with van der Waals surface area (Å²) in [6.07, 6.45) is 1.58. The molecule has 24 heavy (non-hydrogen) atoms. The summed E-state index contributed by atoms with van der Waals surface area (Å²) < 4.78 is 2.69. The Morgan fingerprint density at radius 2 is 1.83 bits per heavy atom. The highest BCUT2D eigenvalue weighted by Crippen LogP contribution is 2.32. The van der Waals surface area contributed by atoms with E-state index in [2.05, 4.69) is 31.3 Å². The molecule has 0 aliphatic carbocycles. The van der Waals surface area contributed by atoms with Gasteiger partial charge in [0.15, 0.2) is 0 Å². The predicted octanol–water partition coefficient (Wildman–Crippen LogP) is 4.11. The molecule has 0 atom stereocenters. The largest absolute Gasteiger partial charge is 0.306 e. The molecular weight excluding hydrogens is 368 g/mol. The molecule has 2 aromatic heterocycles. The van der Waals surface area contributed by atoms with Crippen molar-refractivity contribution >= 4 is 27.7 Å². The number of benzene rings is 1. The number of anilines is 1. The third-order valence-corrected chi connectivity index (χ3v) is 4.29. The molecule has 0 fully saturated rings. The van der Waals surface area contributed by atoms with Crippen molar-refractivity contribution in [1.82, 2.24) is 14.8 Å². The van der Waals surface area contributed by atoms with E-state index in [1.54, 1.807) is 16.9 Å². The molecule has 3 rings (SSSR count). The van der Waals surface area contributed by atoms with Gasteiger partial charge in [0.25, 0.3) is 5.91 Å². The number of hydrogen-bond donors (Lipinski definition) is 1. The molecule has 5 nitrogen and oxygen atoms in total. The number of carbonyl (C=O) groups is 1. The van der Waals surface area contributed by atoms with Gasteiger partial charge in [-0.05, 0) is 43.7 Å². The summed E-state index contributed by atoms with van der Waals surface area (Å²) in [5.41, 5.74) is 4.16. The highest BCUT2D eigenvalue weighted by atomic mass is 79.9. The Bertz CT molecular complexity index is 883. The lowest BCUT2D eigenvalue weighted by Gasteiger charge is -2.09. The highest BCUT2D eigenvalue weighted by Gasteiger charge is 2.18. The molecule has 1 aromatic carbocycles. The van der Waals surface area contributed by atoms with Crippen molar-refractivity contribution in [3.63, 3.8) is 0 Å². The summed E-state index contributed by atoms with van der Waals surface area (Å²) in [4.78, 5) is 16.7. The number of aromatic nitrogens is 3. The van der Waals surface area contributed by atoms with Crippen LogP contribution in [-0.2, 0) is 7.05 Å². The van der Waals surface area contributed by atoms with Gasteiger partial charge in [0.05, 0.1) is 11.3 Å². The molecule has 0 aliphatic heterocycles. The molecule has 0 aliphatic rings. The van der Waals surface area contributed by atoms with Crippen molar-refractivity contribution in [2.45, 2.75) is 13.8 Å². The lowest BCUT2D eigenvalue weighted by molar-refractivity contribution is 0.102. The number of carbonyl (C=O) groups excluding carboxylic acids is 1. The SMILES string of the molecule is Cc1ccc(C(=O)Nc2c(-c3ccc(Br)cc3)c(C)nn2C)cn1. The predicted molar refractivity (Wildman–Crippen MR) is 98.0 cm³/mol. The first-order valence-electron chi connectivity index (χ1n) is 7.49. The normalized spacial score (nSPS) is 10.7. The minimum atomic E-state index is -0.205. The molecule has 0 spiro atoms. The zero-order valence-electron chi connectivity index (χ0n) is 13.7. The topological polar surface area (TPSA) is 59.8 Å². The van der Waals surface area contributed by atoms with Crippen molar-refractivity contribution in [3.8, 4) is 11.1 Å². The molecule has 2 heterocycles. The molecule has 122 valence electrons. The smallest absolute Gasteiger partial charge is 0.258 e. The van der Waals surface area contributed by atoms with E-state index in [4.69, 9.17) is 0 Å². The van der Waals surface area contributed by atoms with E-state index in [0.717, 1.165) is 27.0 Å². The maximum Gasteiger partial charge on any atom is 0.258 e. The molecule has 0 unspecified atom stereocenters. The second-order valence-electron chi connectivity index (χ2n) is 5.58. The molecule has 1 N–H and O–H groups in total. The van der Waals surface area contributed by atoms with Crippen LogP contribution < -0.4 is 5.32 Å². The minimum Gasteiger partial charge on any atom is -0.306 e. The zero-order valence-corrected chi connectivity index (χ0v) is 15.3. The fraction of sp³-hybridized carbons (Fsp3) is 0.167. The molecule has 3 aromatic rings. The first kappa shape index (κ1) is 16.4. The summed E-state index contributed by atoms with van der Waals surface area (Å²) in [5, 5.41) is 7.40. The summed E-state index contributed by atoms with van der Waals surface area (Å²) in [5.74, 6) is 0.462. The Morgan fingerprint density at radius 3 is 2.46 bits per heavy atom. The van der Waals surface area contributed by atoms with Gasteiger partial charge in [-0.2, -0.15) is 5.10 Å². The Kier molecular flexibility index (Phi) is 4.49. The Labute approximate surface area is 148 Å². The molecule has 0 saturated heterocycles. The average molecular weight is 385 g/mol. The number of hydrogen-bond acceptors (Lipinski definition) is 3. The van der Waals surface area contributed by atoms with Crippen LogP contribution in [0.2, 0.25) is 0 Å². The van der Waals surface area contributed by atoms with Crippen LogP contribution in [0.15, 0.2) is 47.1 Å². The van der Waals surface area contributed by atoms with E-state index >= 15 is 0 Å². The van der Waals surface area contributed by atoms with Gasteiger partial charge in [-0.1, -0.05) is 28.1 Å². The van der Waals surface area contributed by atoms with Crippen LogP contribution in [0.3, 0.4) is 0 Å². The van der Waals surface area contributed by atoms with Crippen LogP contribution in [0.1, 0.15) is 21.7 Å². The van der Waals surface area contributed by atoms with E-state index in [9.17, 15) is 4.79 Å². The standard InChI is InChI=1S/C18H17BrN4O/c1-11-4-5-14(10-20-11)18(24)21-17-16(12(2)22-23(17)3)13-6-8-15(19)9-7-13/h4-10H,1-3H3,(H,21,24). The molecule has 1 amide bonds. The van der Waals surface area contributed by atoms with Crippen molar-refractivity contribution < 1.29 is 4.79 Å². The molecule has 0 radical (unpaired) electrons. The van der Waals surface area contributed by atoms with E-state index in [1.165, 1.54) is 0 Å². The fourth-order valence-electron chi connectivity index (χ4n) is 2.55. The molecular formula is C18H17BrN4O. The van der Waals surface area contributed by atoms with Gasteiger partial charge < -0.3 is 5.32 Å². The quantitative estimate of drug-likeness (QED) is 0.738. The van der Waals surface area contributed by atoms with Gasteiger partial charge in [-0.15, -0.1) is 0 Å². The Morgan fingerprint density at radius 1 is 1.12 bits per heavy atom. The van der Waals surface area contributed by atoms with Gasteiger partial charge in [0, 0.05) is 29.0 Å². The van der Waals surface area contributed by atoms with Crippen LogP contribution in [0.4, 0.5) is 5.82 Å². The number of nitrogens with zero attached hydrogens (tertiary/aromatic N) is 3. The van der Waals surface area contributed by atoms with Crippen molar-refractivity contribution in [3.05, 3.63) is 64.0 Å². The van der Waals surface area contributed by atoms with Gasteiger partial charge >= 0.3 is 0 Å². The summed E-state index contributed by atoms with van der Waals surface area (Å²) in [6, 6.07) is 11.5. The van der Waals surface area contributed by atoms with E-state index in [1.807, 2.05) is 51.2 Å². The first-order valence-corrected chi connectivity index (χ1v) is 8.28. The van der Waals surface area contributed by atoms with Crippen LogP contribution in [0, 0.1) is 13.8 Å². The van der Waals surface area contributed by atoms with Crippen molar-refractivity contribution in [2.75, 3.05) is 5.32 Å². The second kappa shape index (κ2) is 6.57. The number of aryl methyl sites for hydroxylation is 3. The van der Waals surface area contributed by atoms with Crippen molar-refractivity contribution in [1.29, 1.82) is 0 Å². The summed E-state index contributed by atoms with van der Waals surface area (Å²) in [6.45, 7) is 3.82. The van der Waals surface area contributed by atoms with E-state index in [0.29, 0.717) is 11.4 Å². The summed E-state index contributed by atoms with van der Waals surface area (Å²) in [7, 11) is 1.82. The first-order chi connectivity index (χ1) is 11.5. The maximum atomic E-state index is 12.5. The van der Waals surface area contributed by atoms with Gasteiger partial charge in [0.2, 0.25) is 0 Å². The average Bonchev–Trinajstić information content (AvgIpc) is 2.83. The van der Waals surface area contributed by atoms with Crippen LogP contribution >= 0.6 is 15.9 Å². The number of amides is 1. The monoisotopic (exact) mass is 384 g/mol. The number of pyridine rings is 1. The lowest BCUT2D eigenvalue weighted by Crippen LogP contribution is -2.15. The number of nitrogens with one attached hydrogen (secondary N) is 1. The van der Waals surface area contributed by atoms with E-state index < -0.39 is 0 Å². The van der Waals surface area contributed by atoms with Crippen LogP contribution in [0.5, 0.6) is 0 Å². The van der Waals surface area contributed by atoms with Gasteiger partial charge in [0.1, 0.15) is 5.82 Å². The van der Waals surface area contributed by atoms with Gasteiger partial charge in [-0.3, -0.25) is 14.5 Å². The third kappa shape index (κ3) is 3.23. The zero-order chi connectivity index (χ0) is 17.3. The van der Waals surface area contributed by atoms with Crippen LogP contribution in [0.25, 0.3) is 11.1 Å². The van der Waals surface area contributed by atoms with Gasteiger partial charge in [-0.25, -0.2) is 0 Å². The molecule has 0 bridgehead atoms. The Balaban J connectivity index is 1.97.